The Kier molecular flexibility index (Phi) is 5.46. The second kappa shape index (κ2) is 7.96. The van der Waals surface area contributed by atoms with Gasteiger partial charge in [-0.2, -0.15) is 5.10 Å². The summed E-state index contributed by atoms with van der Waals surface area (Å²) in [5, 5.41) is 17.6. The molecule has 1 saturated carbocycles. The SMILES string of the molecule is O=C(NN=Cc1cc([N+](=O)[O-])ccc1Cl)c1ccc(NC(=O)C2CC2)cc1. The molecule has 0 spiro atoms. The minimum absolute atomic E-state index is 0.00867. The molecule has 0 unspecified atom stereocenters. The van der Waals surface area contributed by atoms with E-state index < -0.39 is 10.8 Å². The van der Waals surface area contributed by atoms with Crippen LogP contribution < -0.4 is 10.7 Å². The summed E-state index contributed by atoms with van der Waals surface area (Å²) in [5.41, 5.74) is 3.48. The van der Waals surface area contributed by atoms with Crippen molar-refractivity contribution < 1.29 is 14.5 Å². The molecule has 0 atom stereocenters. The van der Waals surface area contributed by atoms with Gasteiger partial charge in [0.05, 0.1) is 11.1 Å². The first-order valence-corrected chi connectivity index (χ1v) is 8.50. The van der Waals surface area contributed by atoms with Crippen molar-refractivity contribution in [3.05, 3.63) is 68.7 Å². The average Bonchev–Trinajstić information content (AvgIpc) is 3.49. The maximum Gasteiger partial charge on any atom is 0.271 e. The lowest BCUT2D eigenvalue weighted by Gasteiger charge is -2.05. The largest absolute Gasteiger partial charge is 0.326 e. The van der Waals surface area contributed by atoms with Crippen molar-refractivity contribution in [1.82, 2.24) is 5.43 Å². The molecule has 2 aromatic carbocycles. The fraction of sp³-hybridized carbons (Fsp3) is 0.167. The van der Waals surface area contributed by atoms with Gasteiger partial charge in [-0.25, -0.2) is 5.43 Å². The Morgan fingerprint density at radius 1 is 1.19 bits per heavy atom. The third-order valence-electron chi connectivity index (χ3n) is 3.92. The second-order valence-corrected chi connectivity index (χ2v) is 6.41. The van der Waals surface area contributed by atoms with Gasteiger partial charge in [0, 0.05) is 39.9 Å². The van der Waals surface area contributed by atoms with Gasteiger partial charge in [-0.3, -0.25) is 19.7 Å². The number of rotatable bonds is 6. The van der Waals surface area contributed by atoms with E-state index in [9.17, 15) is 19.7 Å². The molecule has 0 bridgehead atoms. The normalized spacial score (nSPS) is 13.4. The molecule has 3 rings (SSSR count). The van der Waals surface area contributed by atoms with Gasteiger partial charge in [0.25, 0.3) is 11.6 Å². The van der Waals surface area contributed by atoms with Crippen LogP contribution in [0.2, 0.25) is 5.02 Å². The standard InChI is InChI=1S/C18H15ClN4O4/c19-16-8-7-15(23(26)27)9-13(16)10-20-22-18(25)12-3-5-14(6-4-12)21-17(24)11-1-2-11/h3-11H,1-2H2,(H,21,24)(H,22,25). The van der Waals surface area contributed by atoms with Crippen LogP contribution in [0, 0.1) is 16.0 Å². The summed E-state index contributed by atoms with van der Waals surface area (Å²) >= 11 is 5.96. The number of carbonyl (C=O) groups excluding carboxylic acids is 2. The molecule has 1 fully saturated rings. The lowest BCUT2D eigenvalue weighted by molar-refractivity contribution is -0.384. The number of halogens is 1. The molecule has 2 N–H and O–H groups in total. The van der Waals surface area contributed by atoms with Crippen LogP contribution in [0.5, 0.6) is 0 Å². The van der Waals surface area contributed by atoms with Crippen LogP contribution in [0.15, 0.2) is 47.6 Å². The predicted molar refractivity (Wildman–Crippen MR) is 101 cm³/mol. The van der Waals surface area contributed by atoms with Crippen molar-refractivity contribution in [2.24, 2.45) is 11.0 Å². The van der Waals surface area contributed by atoms with Crippen molar-refractivity contribution >= 4 is 41.0 Å². The number of non-ortho nitro benzene ring substituents is 1. The molecule has 0 heterocycles. The highest BCUT2D eigenvalue weighted by atomic mass is 35.5. The molecule has 27 heavy (non-hydrogen) atoms. The average molecular weight is 387 g/mol. The molecule has 138 valence electrons. The minimum Gasteiger partial charge on any atom is -0.326 e. The van der Waals surface area contributed by atoms with E-state index in [1.807, 2.05) is 0 Å². The lowest BCUT2D eigenvalue weighted by Crippen LogP contribution is -2.18. The van der Waals surface area contributed by atoms with Crippen LogP contribution in [-0.2, 0) is 4.79 Å². The molecular formula is C18H15ClN4O4. The highest BCUT2D eigenvalue weighted by molar-refractivity contribution is 6.33. The molecule has 1 aliphatic rings. The first-order valence-electron chi connectivity index (χ1n) is 8.12. The van der Waals surface area contributed by atoms with E-state index in [-0.39, 0.29) is 22.5 Å². The smallest absolute Gasteiger partial charge is 0.271 e. The number of benzene rings is 2. The molecular weight excluding hydrogens is 372 g/mol. The van der Waals surface area contributed by atoms with Gasteiger partial charge in [-0.15, -0.1) is 0 Å². The monoisotopic (exact) mass is 386 g/mol. The Bertz CT molecular complexity index is 923. The van der Waals surface area contributed by atoms with E-state index in [4.69, 9.17) is 11.6 Å². The molecule has 8 nitrogen and oxygen atoms in total. The van der Waals surface area contributed by atoms with Crippen molar-refractivity contribution in [3.63, 3.8) is 0 Å². The summed E-state index contributed by atoms with van der Waals surface area (Å²) in [6.45, 7) is 0. The lowest BCUT2D eigenvalue weighted by atomic mass is 10.2. The van der Waals surface area contributed by atoms with Gasteiger partial charge in [-0.1, -0.05) is 11.6 Å². The second-order valence-electron chi connectivity index (χ2n) is 6.00. The number of nitrogens with one attached hydrogen (secondary N) is 2. The molecule has 2 amide bonds. The maximum atomic E-state index is 12.1. The zero-order chi connectivity index (χ0) is 19.4. The molecule has 0 radical (unpaired) electrons. The number of nitro benzene ring substituents is 1. The Morgan fingerprint density at radius 2 is 1.89 bits per heavy atom. The van der Waals surface area contributed by atoms with Crippen LogP contribution >= 0.6 is 11.6 Å². The summed E-state index contributed by atoms with van der Waals surface area (Å²) in [6, 6.07) is 10.3. The van der Waals surface area contributed by atoms with E-state index in [1.165, 1.54) is 24.4 Å². The van der Waals surface area contributed by atoms with Crippen LogP contribution in [0.3, 0.4) is 0 Å². The van der Waals surface area contributed by atoms with Gasteiger partial charge < -0.3 is 5.32 Å². The highest BCUT2D eigenvalue weighted by Gasteiger charge is 2.29. The van der Waals surface area contributed by atoms with Crippen molar-refractivity contribution in [2.75, 3.05) is 5.32 Å². The predicted octanol–water partition coefficient (Wildman–Crippen LogP) is 3.36. The summed E-state index contributed by atoms with van der Waals surface area (Å²) in [5.74, 6) is -0.374. The first-order chi connectivity index (χ1) is 12.9. The highest BCUT2D eigenvalue weighted by Crippen LogP contribution is 2.30. The molecule has 2 aromatic rings. The number of anilines is 1. The zero-order valence-electron chi connectivity index (χ0n) is 14.0. The molecule has 0 aromatic heterocycles. The van der Waals surface area contributed by atoms with Crippen molar-refractivity contribution in [1.29, 1.82) is 0 Å². The van der Waals surface area contributed by atoms with Crippen LogP contribution in [0.25, 0.3) is 0 Å². The summed E-state index contributed by atoms with van der Waals surface area (Å²) < 4.78 is 0. The van der Waals surface area contributed by atoms with E-state index in [1.54, 1.807) is 24.3 Å². The third kappa shape index (κ3) is 4.89. The number of hydrazone groups is 1. The van der Waals surface area contributed by atoms with Gasteiger partial charge in [0.1, 0.15) is 0 Å². The fourth-order valence-corrected chi connectivity index (χ4v) is 2.43. The Hall–Kier alpha value is -3.26. The van der Waals surface area contributed by atoms with Crippen LogP contribution in [0.4, 0.5) is 11.4 Å². The van der Waals surface area contributed by atoms with E-state index in [2.05, 4.69) is 15.8 Å². The Balaban J connectivity index is 1.60. The number of amides is 2. The molecule has 0 aliphatic heterocycles. The van der Waals surface area contributed by atoms with E-state index >= 15 is 0 Å². The summed E-state index contributed by atoms with van der Waals surface area (Å²) in [4.78, 5) is 34.0. The maximum absolute atomic E-state index is 12.1. The number of hydrogen-bond donors (Lipinski definition) is 2. The minimum atomic E-state index is -0.546. The number of nitro groups is 1. The van der Waals surface area contributed by atoms with Gasteiger partial charge >= 0.3 is 0 Å². The van der Waals surface area contributed by atoms with Gasteiger partial charge in [0.15, 0.2) is 0 Å². The Labute approximate surface area is 159 Å². The number of hydrogen-bond acceptors (Lipinski definition) is 5. The molecule has 9 heteroatoms. The van der Waals surface area contributed by atoms with E-state index in [0.717, 1.165) is 12.8 Å². The van der Waals surface area contributed by atoms with E-state index in [0.29, 0.717) is 16.8 Å². The molecule has 0 saturated heterocycles. The van der Waals surface area contributed by atoms with Gasteiger partial charge in [-0.05, 0) is 43.2 Å². The Morgan fingerprint density at radius 3 is 2.52 bits per heavy atom. The fourth-order valence-electron chi connectivity index (χ4n) is 2.26. The summed E-state index contributed by atoms with van der Waals surface area (Å²) in [7, 11) is 0. The molecule has 1 aliphatic carbocycles. The number of carbonyl (C=O) groups is 2. The first kappa shape index (κ1) is 18.5. The zero-order valence-corrected chi connectivity index (χ0v) is 14.8. The van der Waals surface area contributed by atoms with Crippen molar-refractivity contribution in [3.8, 4) is 0 Å². The number of nitrogens with zero attached hydrogens (tertiary/aromatic N) is 2. The van der Waals surface area contributed by atoms with Crippen LogP contribution in [-0.4, -0.2) is 23.0 Å². The topological polar surface area (TPSA) is 114 Å². The van der Waals surface area contributed by atoms with Gasteiger partial charge in [0.2, 0.25) is 5.91 Å². The quantitative estimate of drug-likeness (QED) is 0.450. The third-order valence-corrected chi connectivity index (χ3v) is 4.27. The van der Waals surface area contributed by atoms with Crippen molar-refractivity contribution in [2.45, 2.75) is 12.8 Å². The summed E-state index contributed by atoms with van der Waals surface area (Å²) in [6.07, 6.45) is 3.06. The van der Waals surface area contributed by atoms with Crippen LogP contribution in [0.1, 0.15) is 28.8 Å².